The van der Waals surface area contributed by atoms with Crippen LogP contribution in [0.5, 0.6) is 0 Å². The maximum absolute atomic E-state index is 13.2. The lowest BCUT2D eigenvalue weighted by atomic mass is 9.42. The van der Waals surface area contributed by atoms with E-state index < -0.39 is 0 Å². The molecule has 4 heteroatoms. The molecule has 0 aromatic carbocycles. The Balaban J connectivity index is 1.33. The van der Waals surface area contributed by atoms with Crippen LogP contribution in [0.3, 0.4) is 0 Å². The summed E-state index contributed by atoms with van der Waals surface area (Å²) >= 11 is 0. The van der Waals surface area contributed by atoms with Gasteiger partial charge in [-0.1, -0.05) is 26.7 Å². The van der Waals surface area contributed by atoms with Gasteiger partial charge in [0.15, 0.2) is 0 Å². The van der Waals surface area contributed by atoms with Gasteiger partial charge in [0.25, 0.3) is 0 Å². The highest BCUT2D eigenvalue weighted by Crippen LogP contribution is 2.77. The van der Waals surface area contributed by atoms with E-state index in [1.165, 1.54) is 45.4 Å². The summed E-state index contributed by atoms with van der Waals surface area (Å²) in [5.74, 6) is 2.98. The predicted octanol–water partition coefficient (Wildman–Crippen LogP) is 5.47. The molecular formula is C27H40O4. The molecule has 6 fully saturated rings. The zero-order valence-electron chi connectivity index (χ0n) is 19.9. The fraction of sp³-hybridized carbons (Fsp3) is 0.926. The molecule has 0 radical (unpaired) electrons. The van der Waals surface area contributed by atoms with Crippen LogP contribution in [0.4, 0.5) is 0 Å². The van der Waals surface area contributed by atoms with Crippen LogP contribution in [0.15, 0.2) is 0 Å². The lowest BCUT2D eigenvalue weighted by Crippen LogP contribution is -2.60. The number of esters is 1. The fourth-order valence-corrected chi connectivity index (χ4v) is 10.8. The van der Waals surface area contributed by atoms with Gasteiger partial charge in [-0.15, -0.1) is 0 Å². The van der Waals surface area contributed by atoms with E-state index in [0.717, 1.165) is 32.1 Å². The maximum atomic E-state index is 13.2. The smallest absolute Gasteiger partial charge is 0.302 e. The Morgan fingerprint density at radius 1 is 0.903 bits per heavy atom. The molecule has 6 aliphatic rings. The SMILES string of the molecule is CC(=O)OC1CCC2(C)C3CCC4(C)C(CC5CCCCC54C(C)=O)C3C[C@H]3O[C@]32C1. The third-order valence-electron chi connectivity index (χ3n) is 12.0. The van der Waals surface area contributed by atoms with Crippen LogP contribution < -0.4 is 0 Å². The number of epoxide rings is 1. The van der Waals surface area contributed by atoms with E-state index >= 15 is 0 Å². The molecule has 10 atom stereocenters. The van der Waals surface area contributed by atoms with Crippen molar-refractivity contribution in [1.29, 1.82) is 0 Å². The first kappa shape index (κ1) is 20.7. The number of ether oxygens (including phenoxy) is 2. The molecule has 0 aromatic heterocycles. The molecule has 8 unspecified atom stereocenters. The Morgan fingerprint density at radius 2 is 1.68 bits per heavy atom. The first-order valence-corrected chi connectivity index (χ1v) is 13.0. The Hall–Kier alpha value is -0.900. The fourth-order valence-electron chi connectivity index (χ4n) is 10.8. The van der Waals surface area contributed by atoms with Crippen molar-refractivity contribution in [3.63, 3.8) is 0 Å². The molecule has 0 bridgehead atoms. The molecule has 0 aromatic rings. The largest absolute Gasteiger partial charge is 0.462 e. The highest BCUT2D eigenvalue weighted by atomic mass is 16.6. The van der Waals surface area contributed by atoms with Gasteiger partial charge in [0.2, 0.25) is 0 Å². The molecule has 0 N–H and O–H groups in total. The summed E-state index contributed by atoms with van der Waals surface area (Å²) in [4.78, 5) is 24.8. The minimum atomic E-state index is -0.160. The summed E-state index contributed by atoms with van der Waals surface area (Å²) < 4.78 is 12.2. The summed E-state index contributed by atoms with van der Waals surface area (Å²) in [5.41, 5.74) is 0.235. The van der Waals surface area contributed by atoms with Crippen molar-refractivity contribution in [3.8, 4) is 0 Å². The highest BCUT2D eigenvalue weighted by Gasteiger charge is 2.78. The Morgan fingerprint density at radius 3 is 2.42 bits per heavy atom. The van der Waals surface area contributed by atoms with Crippen LogP contribution in [-0.2, 0) is 19.1 Å². The number of Topliss-reactive ketones (excluding diaryl/α,β-unsaturated/α-hetero) is 1. The molecule has 6 rings (SSSR count). The molecule has 1 heterocycles. The van der Waals surface area contributed by atoms with Crippen LogP contribution in [0.2, 0.25) is 0 Å². The summed E-state index contributed by atoms with van der Waals surface area (Å²) in [6.45, 7) is 8.45. The number of rotatable bonds is 2. The molecule has 1 aliphatic heterocycles. The number of hydrogen-bond donors (Lipinski definition) is 0. The molecule has 1 spiro atoms. The number of carbonyl (C=O) groups excluding carboxylic acids is 2. The van der Waals surface area contributed by atoms with Crippen molar-refractivity contribution < 1.29 is 19.1 Å². The Labute approximate surface area is 187 Å². The minimum absolute atomic E-state index is 0.0244. The van der Waals surface area contributed by atoms with Crippen molar-refractivity contribution in [2.75, 3.05) is 0 Å². The van der Waals surface area contributed by atoms with Crippen LogP contribution in [0, 0.1) is 39.9 Å². The third kappa shape index (κ3) is 2.36. The van der Waals surface area contributed by atoms with Gasteiger partial charge in [0.05, 0.1) is 6.10 Å². The normalized spacial score (nSPS) is 56.9. The van der Waals surface area contributed by atoms with Gasteiger partial charge in [0, 0.05) is 24.2 Å². The van der Waals surface area contributed by atoms with Gasteiger partial charge < -0.3 is 9.47 Å². The molecule has 172 valence electrons. The summed E-state index contributed by atoms with van der Waals surface area (Å²) in [7, 11) is 0. The van der Waals surface area contributed by atoms with Crippen molar-refractivity contribution in [2.24, 2.45) is 39.9 Å². The zero-order chi connectivity index (χ0) is 21.8. The lowest BCUT2D eigenvalue weighted by Gasteiger charge is -2.61. The monoisotopic (exact) mass is 428 g/mol. The van der Waals surface area contributed by atoms with Crippen LogP contribution in [-0.4, -0.2) is 29.6 Å². The predicted molar refractivity (Wildman–Crippen MR) is 117 cm³/mol. The van der Waals surface area contributed by atoms with Gasteiger partial charge in [-0.2, -0.15) is 0 Å². The average molecular weight is 429 g/mol. The van der Waals surface area contributed by atoms with Crippen molar-refractivity contribution >= 4 is 11.8 Å². The Bertz CT molecular complexity index is 822. The highest BCUT2D eigenvalue weighted by molar-refractivity contribution is 5.84. The van der Waals surface area contributed by atoms with Gasteiger partial charge in [-0.25, -0.2) is 0 Å². The van der Waals surface area contributed by atoms with E-state index in [1.807, 2.05) is 6.92 Å². The first-order valence-electron chi connectivity index (χ1n) is 13.0. The van der Waals surface area contributed by atoms with E-state index in [9.17, 15) is 9.59 Å². The van der Waals surface area contributed by atoms with Gasteiger partial charge in [-0.05, 0) is 87.4 Å². The second-order valence-electron chi connectivity index (χ2n) is 12.7. The van der Waals surface area contributed by atoms with Crippen molar-refractivity contribution in [1.82, 2.24) is 0 Å². The van der Waals surface area contributed by atoms with E-state index in [2.05, 4.69) is 13.8 Å². The van der Waals surface area contributed by atoms with Crippen molar-refractivity contribution in [2.45, 2.75) is 116 Å². The van der Waals surface area contributed by atoms with E-state index in [-0.39, 0.29) is 33.9 Å². The van der Waals surface area contributed by atoms with Crippen LogP contribution >= 0.6 is 0 Å². The molecule has 5 saturated carbocycles. The second-order valence-corrected chi connectivity index (χ2v) is 12.7. The summed E-state index contributed by atoms with van der Waals surface area (Å²) in [6.07, 6.45) is 13.1. The van der Waals surface area contributed by atoms with E-state index in [1.54, 1.807) is 0 Å². The molecule has 5 aliphatic carbocycles. The van der Waals surface area contributed by atoms with E-state index in [0.29, 0.717) is 35.6 Å². The summed E-state index contributed by atoms with van der Waals surface area (Å²) in [6, 6.07) is 0. The zero-order valence-corrected chi connectivity index (χ0v) is 19.9. The topological polar surface area (TPSA) is 55.9 Å². The molecule has 0 amide bonds. The minimum Gasteiger partial charge on any atom is -0.462 e. The van der Waals surface area contributed by atoms with Gasteiger partial charge >= 0.3 is 5.97 Å². The maximum Gasteiger partial charge on any atom is 0.302 e. The first-order chi connectivity index (χ1) is 14.7. The van der Waals surface area contributed by atoms with Crippen molar-refractivity contribution in [3.05, 3.63) is 0 Å². The van der Waals surface area contributed by atoms with Crippen LogP contribution in [0.25, 0.3) is 0 Å². The van der Waals surface area contributed by atoms with Gasteiger partial charge in [-0.3, -0.25) is 9.59 Å². The average Bonchev–Trinajstić information content (AvgIpc) is 3.33. The Kier molecular flexibility index (Phi) is 4.25. The quantitative estimate of drug-likeness (QED) is 0.432. The van der Waals surface area contributed by atoms with E-state index in [4.69, 9.17) is 9.47 Å². The number of carbonyl (C=O) groups is 2. The number of fused-ring (bicyclic) bond motifs is 6. The third-order valence-corrected chi connectivity index (χ3v) is 12.0. The van der Waals surface area contributed by atoms with Gasteiger partial charge in [0.1, 0.15) is 17.5 Å². The second kappa shape index (κ2) is 6.36. The lowest BCUT2D eigenvalue weighted by molar-refractivity contribution is -0.163. The summed E-state index contributed by atoms with van der Waals surface area (Å²) in [5, 5.41) is 0. The van der Waals surface area contributed by atoms with Crippen LogP contribution in [0.1, 0.15) is 98.3 Å². The molecule has 1 saturated heterocycles. The molecular weight excluding hydrogens is 388 g/mol. The molecule has 4 nitrogen and oxygen atoms in total. The molecule has 31 heavy (non-hydrogen) atoms. The number of hydrogen-bond acceptors (Lipinski definition) is 4. The standard InChI is InChI=1S/C27H40O4/c1-16(28)26-10-6-5-7-18(26)13-22-20-14-23-27(31-23)15-19(30-17(2)29)8-11-25(27,4)21(20)9-12-24(22,26)3/h18-23H,5-15H2,1-4H3/t18?,19?,20?,21?,22?,23-,24?,25?,26?,27-/m1/s1. The number of ketones is 1.